The van der Waals surface area contributed by atoms with E-state index in [-0.39, 0.29) is 42.3 Å². The van der Waals surface area contributed by atoms with Crippen molar-refractivity contribution in [2.45, 2.75) is 58.3 Å². The lowest BCUT2D eigenvalue weighted by molar-refractivity contribution is -0.153. The van der Waals surface area contributed by atoms with Gasteiger partial charge in [-0.25, -0.2) is 4.68 Å². The van der Waals surface area contributed by atoms with Gasteiger partial charge in [0.05, 0.1) is 31.1 Å². The van der Waals surface area contributed by atoms with Crippen LogP contribution in [0.25, 0.3) is 0 Å². The van der Waals surface area contributed by atoms with E-state index in [0.717, 1.165) is 17.3 Å². The molecule has 0 saturated heterocycles. The smallest absolute Gasteiger partial charge is 0.422 e. The highest BCUT2D eigenvalue weighted by Crippen LogP contribution is 2.24. The number of pyridine rings is 1. The van der Waals surface area contributed by atoms with Crippen molar-refractivity contribution in [3.63, 3.8) is 0 Å². The fourth-order valence-electron chi connectivity index (χ4n) is 3.49. The maximum absolute atomic E-state index is 13.0. The molecule has 0 aliphatic rings. The minimum atomic E-state index is -4.49. The molecule has 3 rings (SSSR count). The van der Waals surface area contributed by atoms with Gasteiger partial charge in [0, 0.05) is 0 Å². The molecule has 0 bridgehead atoms. The number of carbonyl (C=O) groups excluding carboxylic acids is 2. The lowest BCUT2D eigenvalue weighted by atomic mass is 9.86. The summed E-state index contributed by atoms with van der Waals surface area (Å²) in [5, 5.41) is 10.8. The van der Waals surface area contributed by atoms with Gasteiger partial charge in [0.1, 0.15) is 24.0 Å². The molecule has 0 aliphatic heterocycles. The molecule has 1 N–H and O–H groups in total. The highest BCUT2D eigenvalue weighted by atomic mass is 19.4. The Morgan fingerprint density at radius 1 is 1.05 bits per heavy atom. The molecule has 0 radical (unpaired) electrons. The summed E-state index contributed by atoms with van der Waals surface area (Å²) in [7, 11) is 0. The molecule has 38 heavy (non-hydrogen) atoms. The fourth-order valence-corrected chi connectivity index (χ4v) is 3.49. The Kier molecular flexibility index (Phi) is 9.08. The summed E-state index contributed by atoms with van der Waals surface area (Å²) in [6.07, 6.45) is -1.81. The first kappa shape index (κ1) is 28.6. The predicted octanol–water partition coefficient (Wildman–Crippen LogP) is 3.92. The van der Waals surface area contributed by atoms with Crippen LogP contribution in [0, 0.1) is 0 Å². The van der Waals surface area contributed by atoms with E-state index >= 15 is 0 Å². The normalized spacial score (nSPS) is 12.6. The summed E-state index contributed by atoms with van der Waals surface area (Å²) in [5.74, 6) is -0.925. The number of esters is 1. The van der Waals surface area contributed by atoms with Gasteiger partial charge in [0.15, 0.2) is 6.61 Å². The maximum atomic E-state index is 13.0. The maximum Gasteiger partial charge on any atom is 0.422 e. The number of halogens is 3. The Morgan fingerprint density at radius 2 is 1.76 bits per heavy atom. The first-order chi connectivity index (χ1) is 17.8. The topological polar surface area (TPSA) is 108 Å². The van der Waals surface area contributed by atoms with Gasteiger partial charge in [-0.3, -0.25) is 14.6 Å². The van der Waals surface area contributed by atoms with Crippen LogP contribution in [0.15, 0.2) is 48.8 Å². The largest absolute Gasteiger partial charge is 0.483 e. The van der Waals surface area contributed by atoms with Crippen LogP contribution in [-0.2, 0) is 32.7 Å². The molecule has 2 heterocycles. The lowest BCUT2D eigenvalue weighted by Gasteiger charge is -2.19. The predicted molar refractivity (Wildman–Crippen MR) is 131 cm³/mol. The zero-order chi connectivity index (χ0) is 27.9. The van der Waals surface area contributed by atoms with Crippen LogP contribution in [0.3, 0.4) is 0 Å². The summed E-state index contributed by atoms with van der Waals surface area (Å²) in [5.41, 5.74) is 2.48. The zero-order valence-corrected chi connectivity index (χ0v) is 21.6. The Balaban J connectivity index is 1.80. The average molecular weight is 534 g/mol. The molecule has 1 aromatic carbocycles. The van der Waals surface area contributed by atoms with Crippen molar-refractivity contribution in [1.29, 1.82) is 0 Å². The third kappa shape index (κ3) is 8.56. The number of alkyl halides is 3. The summed E-state index contributed by atoms with van der Waals surface area (Å²) >= 11 is 0. The molecular formula is C26H30F3N5O4. The fraction of sp³-hybridized carbons (Fsp3) is 0.423. The van der Waals surface area contributed by atoms with Gasteiger partial charge in [-0.1, -0.05) is 50.3 Å². The standard InChI is InChI=1S/C26H30F3N5O4/c1-5-37-23(36)15-34-14-21(32-33-34)24(20-11-10-19(13-30-20)38-16-26(27,28)29)31-22(35)12-17-6-8-18(9-7-17)25(2,3)4/h6-11,13-14,24H,5,12,15-16H2,1-4H3,(H,31,35)/t24-/m0/s1. The molecule has 9 nitrogen and oxygen atoms in total. The third-order valence-electron chi connectivity index (χ3n) is 5.40. The first-order valence-electron chi connectivity index (χ1n) is 11.9. The molecule has 204 valence electrons. The number of carbonyl (C=O) groups is 2. The molecule has 1 amide bonds. The number of rotatable bonds is 10. The minimum absolute atomic E-state index is 0.0249. The Bertz CT molecular complexity index is 1220. The lowest BCUT2D eigenvalue weighted by Crippen LogP contribution is -2.31. The number of aromatic nitrogens is 4. The van der Waals surface area contributed by atoms with E-state index < -0.39 is 24.8 Å². The first-order valence-corrected chi connectivity index (χ1v) is 11.9. The van der Waals surface area contributed by atoms with Gasteiger partial charge in [0.2, 0.25) is 5.91 Å². The van der Waals surface area contributed by atoms with E-state index in [1.54, 1.807) is 6.92 Å². The number of hydrogen-bond donors (Lipinski definition) is 1. The number of nitrogens with one attached hydrogen (secondary N) is 1. The quantitative estimate of drug-likeness (QED) is 0.394. The van der Waals surface area contributed by atoms with E-state index in [2.05, 4.69) is 41.4 Å². The highest BCUT2D eigenvalue weighted by molar-refractivity contribution is 5.79. The van der Waals surface area contributed by atoms with E-state index in [4.69, 9.17) is 9.47 Å². The number of hydrogen-bond acceptors (Lipinski definition) is 7. The van der Waals surface area contributed by atoms with Crippen molar-refractivity contribution < 1.29 is 32.2 Å². The van der Waals surface area contributed by atoms with Crippen LogP contribution in [0.2, 0.25) is 0 Å². The number of ether oxygens (including phenoxy) is 2. The van der Waals surface area contributed by atoms with Crippen LogP contribution < -0.4 is 10.1 Å². The number of nitrogens with zero attached hydrogens (tertiary/aromatic N) is 4. The van der Waals surface area contributed by atoms with Crippen LogP contribution in [-0.4, -0.2) is 51.2 Å². The van der Waals surface area contributed by atoms with Crippen molar-refractivity contribution in [2.24, 2.45) is 0 Å². The number of benzene rings is 1. The summed E-state index contributed by atoms with van der Waals surface area (Å²) in [6, 6.07) is 9.58. The van der Waals surface area contributed by atoms with E-state index in [1.807, 2.05) is 24.3 Å². The SMILES string of the molecule is CCOC(=O)Cn1cc([C@@H](NC(=O)Cc2ccc(C(C)(C)C)cc2)c2ccc(OCC(F)(F)F)cn2)nn1. The van der Waals surface area contributed by atoms with Crippen LogP contribution in [0.5, 0.6) is 5.75 Å². The molecule has 0 saturated carbocycles. The average Bonchev–Trinajstić information content (AvgIpc) is 3.29. The molecule has 0 aliphatic carbocycles. The van der Waals surface area contributed by atoms with E-state index in [1.165, 1.54) is 23.0 Å². The van der Waals surface area contributed by atoms with Crippen molar-refractivity contribution in [3.8, 4) is 5.75 Å². The second-order valence-electron chi connectivity index (χ2n) is 9.59. The molecular weight excluding hydrogens is 503 g/mol. The highest BCUT2D eigenvalue weighted by Gasteiger charge is 2.29. The second kappa shape index (κ2) is 12.1. The Labute approximate surface area is 218 Å². The second-order valence-corrected chi connectivity index (χ2v) is 9.59. The summed E-state index contributed by atoms with van der Waals surface area (Å²) in [6.45, 7) is 6.55. The molecule has 12 heteroatoms. The molecule has 0 unspecified atom stereocenters. The monoisotopic (exact) mass is 533 g/mol. The van der Waals surface area contributed by atoms with Gasteiger partial charge in [-0.15, -0.1) is 5.10 Å². The molecule has 3 aromatic rings. The minimum Gasteiger partial charge on any atom is -0.483 e. The van der Waals surface area contributed by atoms with Gasteiger partial charge in [0.25, 0.3) is 0 Å². The van der Waals surface area contributed by atoms with Crippen molar-refractivity contribution in [2.75, 3.05) is 13.2 Å². The molecule has 0 fully saturated rings. The zero-order valence-electron chi connectivity index (χ0n) is 21.6. The van der Waals surface area contributed by atoms with E-state index in [0.29, 0.717) is 5.69 Å². The van der Waals surface area contributed by atoms with Gasteiger partial charge >= 0.3 is 12.1 Å². The summed E-state index contributed by atoms with van der Waals surface area (Å²) in [4.78, 5) is 29.0. The Morgan fingerprint density at radius 3 is 2.34 bits per heavy atom. The van der Waals surface area contributed by atoms with Crippen LogP contribution >= 0.6 is 0 Å². The third-order valence-corrected chi connectivity index (χ3v) is 5.40. The molecule has 0 spiro atoms. The molecule has 1 atom stereocenters. The van der Waals surface area contributed by atoms with Gasteiger partial charge in [-0.2, -0.15) is 13.2 Å². The number of amides is 1. The van der Waals surface area contributed by atoms with Crippen molar-refractivity contribution >= 4 is 11.9 Å². The van der Waals surface area contributed by atoms with Crippen LogP contribution in [0.4, 0.5) is 13.2 Å². The Hall–Kier alpha value is -3.96. The van der Waals surface area contributed by atoms with E-state index in [9.17, 15) is 22.8 Å². The van der Waals surface area contributed by atoms with Gasteiger partial charge < -0.3 is 14.8 Å². The van der Waals surface area contributed by atoms with Crippen molar-refractivity contribution in [3.05, 3.63) is 71.3 Å². The van der Waals surface area contributed by atoms with Gasteiger partial charge in [-0.05, 0) is 35.6 Å². The van der Waals surface area contributed by atoms with Crippen molar-refractivity contribution in [1.82, 2.24) is 25.3 Å². The molecule has 2 aromatic heterocycles. The summed E-state index contributed by atoms with van der Waals surface area (Å²) < 4.78 is 48.3. The van der Waals surface area contributed by atoms with Crippen LogP contribution in [0.1, 0.15) is 56.3 Å².